The molecule has 1 saturated carbocycles. The van der Waals surface area contributed by atoms with Gasteiger partial charge >= 0.3 is 0 Å². The molecule has 0 amide bonds. The topological polar surface area (TPSA) is 26.0 Å². The summed E-state index contributed by atoms with van der Waals surface area (Å²) in [6, 6.07) is 0. The molecule has 0 unspecified atom stereocenters. The van der Waals surface area contributed by atoms with Crippen LogP contribution in [0.25, 0.3) is 0 Å². The number of rotatable bonds is 0. The molecule has 0 spiro atoms. The van der Waals surface area contributed by atoms with E-state index in [1.165, 1.54) is 50.6 Å². The third kappa shape index (κ3) is 0.993. The fourth-order valence-corrected chi connectivity index (χ4v) is 3.34. The van der Waals surface area contributed by atoms with Crippen molar-refractivity contribution in [2.24, 2.45) is 11.7 Å². The Kier molecular flexibility index (Phi) is 1.55. The summed E-state index contributed by atoms with van der Waals surface area (Å²) in [5, 5.41) is 0. The van der Waals surface area contributed by atoms with E-state index in [9.17, 15) is 0 Å². The average molecular weight is 175 g/mol. The molecule has 3 aliphatic rings. The monoisotopic (exact) mass is 175 g/mol. The molecular weight excluding hydrogens is 158 g/mol. The van der Waals surface area contributed by atoms with Crippen LogP contribution in [0.15, 0.2) is 22.4 Å². The lowest BCUT2D eigenvalue weighted by Gasteiger charge is -2.23. The Balaban J connectivity index is 2.05. The lowest BCUT2D eigenvalue weighted by atomic mass is 9.84. The van der Waals surface area contributed by atoms with Gasteiger partial charge in [-0.3, -0.25) is 0 Å². The van der Waals surface area contributed by atoms with E-state index in [2.05, 4.69) is 0 Å². The third-order valence-electron chi connectivity index (χ3n) is 3.99. The van der Waals surface area contributed by atoms with Crippen molar-refractivity contribution in [1.82, 2.24) is 0 Å². The predicted octanol–water partition coefficient (Wildman–Crippen LogP) is 2.88. The zero-order valence-corrected chi connectivity index (χ0v) is 8.10. The first-order valence-electron chi connectivity index (χ1n) is 5.56. The Bertz CT molecular complexity index is 309. The maximum absolute atomic E-state index is 6.23. The first-order valence-corrected chi connectivity index (χ1v) is 5.56. The predicted molar refractivity (Wildman–Crippen MR) is 54.0 cm³/mol. The first kappa shape index (κ1) is 7.66. The molecule has 13 heavy (non-hydrogen) atoms. The van der Waals surface area contributed by atoms with Crippen LogP contribution in [0.4, 0.5) is 0 Å². The zero-order valence-electron chi connectivity index (χ0n) is 8.10. The van der Waals surface area contributed by atoms with Gasteiger partial charge in [0.1, 0.15) is 0 Å². The van der Waals surface area contributed by atoms with E-state index in [-0.39, 0.29) is 0 Å². The minimum atomic E-state index is 0.844. The average Bonchev–Trinajstić information content (AvgIpc) is 2.71. The van der Waals surface area contributed by atoms with Gasteiger partial charge in [-0.1, -0.05) is 5.57 Å². The second-order valence-corrected chi connectivity index (χ2v) is 4.67. The second kappa shape index (κ2) is 2.63. The summed E-state index contributed by atoms with van der Waals surface area (Å²) in [6.07, 6.45) is 9.36. The Morgan fingerprint density at radius 3 is 2.92 bits per heavy atom. The molecule has 1 heteroatoms. The fraction of sp³-hybridized carbons (Fsp3) is 0.667. The molecule has 0 aliphatic heterocycles. The van der Waals surface area contributed by atoms with E-state index in [4.69, 9.17) is 5.73 Å². The number of nitrogens with two attached hydrogens (primary N) is 1. The van der Waals surface area contributed by atoms with E-state index in [0.29, 0.717) is 0 Å². The van der Waals surface area contributed by atoms with Gasteiger partial charge in [0, 0.05) is 5.70 Å². The Hall–Kier alpha value is -0.720. The minimum absolute atomic E-state index is 0.844. The maximum atomic E-state index is 6.23. The lowest BCUT2D eigenvalue weighted by Crippen LogP contribution is -2.14. The van der Waals surface area contributed by atoms with Gasteiger partial charge in [0.15, 0.2) is 0 Å². The van der Waals surface area contributed by atoms with Crippen LogP contribution in [-0.2, 0) is 0 Å². The van der Waals surface area contributed by atoms with Crippen LogP contribution in [0.3, 0.4) is 0 Å². The third-order valence-corrected chi connectivity index (χ3v) is 3.99. The smallest absolute Gasteiger partial charge is 0.0340 e. The van der Waals surface area contributed by atoms with Crippen molar-refractivity contribution in [3.8, 4) is 0 Å². The molecule has 0 aromatic heterocycles. The largest absolute Gasteiger partial charge is 0.399 e. The van der Waals surface area contributed by atoms with Crippen molar-refractivity contribution in [3.05, 3.63) is 22.4 Å². The van der Waals surface area contributed by atoms with E-state index in [0.717, 1.165) is 5.92 Å². The normalized spacial score (nSPS) is 32.5. The summed E-state index contributed by atoms with van der Waals surface area (Å²) < 4.78 is 0. The van der Waals surface area contributed by atoms with Crippen molar-refractivity contribution < 1.29 is 0 Å². The molecule has 1 nitrogen and oxygen atoms in total. The summed E-state index contributed by atoms with van der Waals surface area (Å²) >= 11 is 0. The van der Waals surface area contributed by atoms with Crippen LogP contribution < -0.4 is 5.73 Å². The van der Waals surface area contributed by atoms with Crippen molar-refractivity contribution in [3.63, 3.8) is 0 Å². The van der Waals surface area contributed by atoms with Gasteiger partial charge in [-0.25, -0.2) is 0 Å². The number of allylic oxidation sites excluding steroid dienone is 3. The Morgan fingerprint density at radius 2 is 2.00 bits per heavy atom. The highest BCUT2D eigenvalue weighted by molar-refractivity contribution is 5.45. The van der Waals surface area contributed by atoms with E-state index in [1.807, 2.05) is 0 Å². The van der Waals surface area contributed by atoms with Crippen LogP contribution in [0.2, 0.25) is 0 Å². The van der Waals surface area contributed by atoms with Crippen molar-refractivity contribution >= 4 is 0 Å². The Morgan fingerprint density at radius 1 is 1.08 bits per heavy atom. The van der Waals surface area contributed by atoms with Crippen molar-refractivity contribution in [2.75, 3.05) is 0 Å². The van der Waals surface area contributed by atoms with Crippen molar-refractivity contribution in [1.29, 1.82) is 0 Å². The van der Waals surface area contributed by atoms with Gasteiger partial charge in [-0.15, -0.1) is 0 Å². The lowest BCUT2D eigenvalue weighted by molar-refractivity contribution is 0.598. The van der Waals surface area contributed by atoms with Crippen LogP contribution in [0.5, 0.6) is 0 Å². The van der Waals surface area contributed by atoms with Gasteiger partial charge in [0.2, 0.25) is 0 Å². The summed E-state index contributed by atoms with van der Waals surface area (Å²) in [5.41, 5.74) is 12.3. The molecule has 3 aliphatic carbocycles. The van der Waals surface area contributed by atoms with Crippen molar-refractivity contribution in [2.45, 2.75) is 44.9 Å². The molecule has 0 aromatic rings. The van der Waals surface area contributed by atoms with E-state index >= 15 is 0 Å². The molecular formula is C12H17N. The highest BCUT2D eigenvalue weighted by Gasteiger charge is 2.32. The van der Waals surface area contributed by atoms with E-state index in [1.54, 1.807) is 16.7 Å². The Labute approximate surface area is 79.7 Å². The molecule has 2 N–H and O–H groups in total. The van der Waals surface area contributed by atoms with Gasteiger partial charge in [-0.2, -0.15) is 0 Å². The first-order chi connectivity index (χ1) is 6.36. The summed E-state index contributed by atoms with van der Waals surface area (Å²) in [6.45, 7) is 0. The quantitative estimate of drug-likeness (QED) is 0.602. The van der Waals surface area contributed by atoms with Crippen LogP contribution in [0.1, 0.15) is 44.9 Å². The molecule has 0 aromatic carbocycles. The number of hydrogen-bond acceptors (Lipinski definition) is 1. The molecule has 0 bridgehead atoms. The van der Waals surface area contributed by atoms with Gasteiger partial charge in [-0.05, 0) is 62.0 Å². The van der Waals surface area contributed by atoms with Crippen LogP contribution >= 0.6 is 0 Å². The number of fused-ring (bicyclic) bond motifs is 1. The van der Waals surface area contributed by atoms with Gasteiger partial charge in [0.25, 0.3) is 0 Å². The standard InChI is InChI=1S/C12H17N/c13-12-10-5-1-3-8(10)7-9-4-2-6-11(9)12/h8H,1-7,13H2/t8-/m0/s1. The summed E-state index contributed by atoms with van der Waals surface area (Å²) in [4.78, 5) is 0. The number of hydrogen-bond donors (Lipinski definition) is 1. The molecule has 0 saturated heterocycles. The molecule has 0 radical (unpaired) electrons. The molecule has 3 rings (SSSR count). The molecule has 70 valence electrons. The van der Waals surface area contributed by atoms with Gasteiger partial charge in [0.05, 0.1) is 0 Å². The molecule has 0 heterocycles. The maximum Gasteiger partial charge on any atom is 0.0340 e. The highest BCUT2D eigenvalue weighted by Crippen LogP contribution is 2.47. The summed E-state index contributed by atoms with van der Waals surface area (Å²) in [7, 11) is 0. The fourth-order valence-electron chi connectivity index (χ4n) is 3.34. The van der Waals surface area contributed by atoms with Crippen LogP contribution in [0, 0.1) is 5.92 Å². The molecule has 1 atom stereocenters. The van der Waals surface area contributed by atoms with Gasteiger partial charge < -0.3 is 5.73 Å². The highest BCUT2D eigenvalue weighted by atomic mass is 14.6. The van der Waals surface area contributed by atoms with E-state index < -0.39 is 0 Å². The second-order valence-electron chi connectivity index (χ2n) is 4.67. The SMILES string of the molecule is NC1=C2CCC[C@H]2CC2=C1CCC2. The summed E-state index contributed by atoms with van der Waals surface area (Å²) in [5.74, 6) is 0.844. The van der Waals surface area contributed by atoms with Crippen LogP contribution in [-0.4, -0.2) is 0 Å². The molecule has 1 fully saturated rings. The minimum Gasteiger partial charge on any atom is -0.399 e. The zero-order chi connectivity index (χ0) is 8.84.